The first-order valence-electron chi connectivity index (χ1n) is 3.34. The van der Waals surface area contributed by atoms with Crippen LogP contribution in [0.2, 0.25) is 0 Å². The molecule has 0 aliphatic heterocycles. The van der Waals surface area contributed by atoms with Gasteiger partial charge < -0.3 is 7.96 Å². The Morgan fingerprint density at radius 2 is 2.10 bits per heavy atom. The molecule has 0 aliphatic carbocycles. The second-order valence-corrected chi connectivity index (χ2v) is 2.68. The number of rotatable bonds is 4. The first-order valence-corrected chi connectivity index (χ1v) is 3.34. The maximum Gasteiger partial charge on any atom is 2.00 e. The number of hydrogen-bond acceptors (Lipinski definition) is 1. The van der Waals surface area contributed by atoms with E-state index in [0.717, 1.165) is 12.8 Å². The summed E-state index contributed by atoms with van der Waals surface area (Å²) in [6, 6.07) is 0. The maximum absolute atomic E-state index is 9.98. The minimum atomic E-state index is -0.685. The third kappa shape index (κ3) is 11.1. The van der Waals surface area contributed by atoms with Crippen LogP contribution in [0, 0.1) is 5.92 Å². The molecule has 0 bridgehead atoms. The molecule has 0 heterocycles. The van der Waals surface area contributed by atoms with Gasteiger partial charge in [0, 0.05) is 6.42 Å². The van der Waals surface area contributed by atoms with E-state index in [4.69, 9.17) is 5.11 Å². The van der Waals surface area contributed by atoms with Crippen LogP contribution in [0.1, 0.15) is 36.0 Å². The molecule has 2 nitrogen and oxygen atoms in total. The van der Waals surface area contributed by atoms with Gasteiger partial charge in [-0.25, -0.2) is 0 Å². The molecule has 0 radical (unpaired) electrons. The van der Waals surface area contributed by atoms with E-state index in [2.05, 4.69) is 13.8 Å². The number of carboxylic acid groups (broad SMARTS) is 1. The van der Waals surface area contributed by atoms with E-state index in [1.165, 1.54) is 0 Å². The molecule has 0 aromatic rings. The van der Waals surface area contributed by atoms with Crippen molar-refractivity contribution in [3.05, 3.63) is 0 Å². The Balaban J connectivity index is -0.000000107. The quantitative estimate of drug-likeness (QED) is 0.630. The predicted octanol–water partition coefficient (Wildman–Crippen LogP) is 1.74. The normalized spacial score (nSPS) is 9.10. The summed E-state index contributed by atoms with van der Waals surface area (Å²) >= 11 is 0. The fourth-order valence-corrected chi connectivity index (χ4v) is 0.662. The minimum absolute atomic E-state index is 0. The average Bonchev–Trinajstić information content (AvgIpc) is 1.63. The summed E-state index contributed by atoms with van der Waals surface area (Å²) in [5.41, 5.74) is 0. The molecule has 0 rings (SSSR count). The zero-order valence-corrected chi connectivity index (χ0v) is 8.18. The van der Waals surface area contributed by atoms with E-state index in [0.29, 0.717) is 12.3 Å². The summed E-state index contributed by atoms with van der Waals surface area (Å²) in [5, 5.41) is 8.23. The summed E-state index contributed by atoms with van der Waals surface area (Å²) in [4.78, 5) is 9.98. The van der Waals surface area contributed by atoms with E-state index < -0.39 is 5.97 Å². The summed E-state index contributed by atoms with van der Waals surface area (Å²) in [6.45, 7) is 4.20. The summed E-state index contributed by atoms with van der Waals surface area (Å²) in [6.07, 6.45) is 2.15. The largest absolute Gasteiger partial charge is 2.00 e. The van der Waals surface area contributed by atoms with Gasteiger partial charge in [0.05, 0.1) is 0 Å². The van der Waals surface area contributed by atoms with E-state index in [1.807, 2.05) is 0 Å². The predicted molar refractivity (Wildman–Crippen MR) is 44.3 cm³/mol. The molecule has 0 aliphatic rings. The van der Waals surface area contributed by atoms with Crippen molar-refractivity contribution in [2.45, 2.75) is 33.1 Å². The average molecular weight is 157 g/mol. The van der Waals surface area contributed by atoms with Crippen molar-refractivity contribution in [3.63, 3.8) is 0 Å². The first-order chi connectivity index (χ1) is 4.13. The molecule has 1 N–H and O–H groups in total. The fourth-order valence-electron chi connectivity index (χ4n) is 0.662. The van der Waals surface area contributed by atoms with Crippen LogP contribution in [0.15, 0.2) is 0 Å². The SMILES string of the molecule is CC(C)CCCC(=O)O.[H-].[H-].[Mg+2]. The van der Waals surface area contributed by atoms with Crippen LogP contribution < -0.4 is 0 Å². The molecule has 3 heteroatoms. The number of aliphatic carboxylic acids is 1. The van der Waals surface area contributed by atoms with Crippen LogP contribution in [0.4, 0.5) is 0 Å². The smallest absolute Gasteiger partial charge is 1.00 e. The summed E-state index contributed by atoms with van der Waals surface area (Å²) in [5.74, 6) is -0.0556. The van der Waals surface area contributed by atoms with E-state index in [1.54, 1.807) is 0 Å². The Hall–Kier alpha value is 0.236. The molecule has 0 atom stereocenters. The molecule has 0 aromatic carbocycles. The molecular formula is C7H16MgO2. The van der Waals surface area contributed by atoms with Crippen molar-refractivity contribution in [2.24, 2.45) is 5.92 Å². The van der Waals surface area contributed by atoms with E-state index in [9.17, 15) is 4.79 Å². The van der Waals surface area contributed by atoms with Crippen LogP contribution in [0.3, 0.4) is 0 Å². The van der Waals surface area contributed by atoms with Gasteiger partial charge in [0.25, 0.3) is 0 Å². The number of carboxylic acids is 1. The Labute approximate surface area is 81.1 Å². The number of hydrogen-bond donors (Lipinski definition) is 1. The van der Waals surface area contributed by atoms with Crippen molar-refractivity contribution in [2.75, 3.05) is 0 Å². The first kappa shape index (κ1) is 12.9. The Kier molecular flexibility index (Phi) is 9.45. The standard InChI is InChI=1S/C7H14O2.Mg.2H/c1-6(2)4-3-5-7(8)9;;;/h6H,3-5H2,1-2H3,(H,8,9);;;/q;+2;2*-1. The summed E-state index contributed by atoms with van der Waals surface area (Å²) < 4.78 is 0. The Morgan fingerprint density at radius 1 is 1.60 bits per heavy atom. The second-order valence-electron chi connectivity index (χ2n) is 2.68. The monoisotopic (exact) mass is 156 g/mol. The Morgan fingerprint density at radius 3 is 2.40 bits per heavy atom. The van der Waals surface area contributed by atoms with Gasteiger partial charge in [0.2, 0.25) is 0 Å². The molecule has 0 amide bonds. The van der Waals surface area contributed by atoms with Crippen LogP contribution in [0.25, 0.3) is 0 Å². The van der Waals surface area contributed by atoms with Gasteiger partial charge in [-0.05, 0) is 12.3 Å². The van der Waals surface area contributed by atoms with Gasteiger partial charge in [0.15, 0.2) is 0 Å². The van der Waals surface area contributed by atoms with Crippen molar-refractivity contribution in [1.29, 1.82) is 0 Å². The third-order valence-electron chi connectivity index (χ3n) is 1.17. The fraction of sp³-hybridized carbons (Fsp3) is 0.857. The van der Waals surface area contributed by atoms with Gasteiger partial charge in [-0.1, -0.05) is 20.3 Å². The van der Waals surface area contributed by atoms with Gasteiger partial charge in [-0.3, -0.25) is 4.79 Å². The molecule has 0 fully saturated rings. The van der Waals surface area contributed by atoms with Gasteiger partial charge in [-0.2, -0.15) is 0 Å². The third-order valence-corrected chi connectivity index (χ3v) is 1.17. The van der Waals surface area contributed by atoms with Crippen molar-refractivity contribution in [1.82, 2.24) is 0 Å². The maximum atomic E-state index is 9.98. The van der Waals surface area contributed by atoms with Crippen LogP contribution >= 0.6 is 0 Å². The van der Waals surface area contributed by atoms with E-state index in [-0.39, 0.29) is 25.9 Å². The minimum Gasteiger partial charge on any atom is -1.00 e. The summed E-state index contributed by atoms with van der Waals surface area (Å²) in [7, 11) is 0. The molecule has 0 unspecified atom stereocenters. The topological polar surface area (TPSA) is 37.3 Å². The zero-order valence-electron chi connectivity index (χ0n) is 8.76. The van der Waals surface area contributed by atoms with Crippen molar-refractivity contribution >= 4 is 29.0 Å². The van der Waals surface area contributed by atoms with E-state index >= 15 is 0 Å². The Bertz CT molecular complexity index is 99.4. The molecule has 0 saturated heterocycles. The van der Waals surface area contributed by atoms with Crippen LogP contribution in [0.5, 0.6) is 0 Å². The second kappa shape index (κ2) is 7.34. The van der Waals surface area contributed by atoms with Gasteiger partial charge in [0.1, 0.15) is 0 Å². The molecule has 0 spiro atoms. The van der Waals surface area contributed by atoms with Crippen molar-refractivity contribution < 1.29 is 12.8 Å². The molecular weight excluding hydrogens is 140 g/mol. The van der Waals surface area contributed by atoms with Gasteiger partial charge >= 0.3 is 29.0 Å². The molecule has 58 valence electrons. The zero-order chi connectivity index (χ0) is 7.28. The molecule has 0 saturated carbocycles. The van der Waals surface area contributed by atoms with Gasteiger partial charge in [-0.15, -0.1) is 0 Å². The molecule has 10 heavy (non-hydrogen) atoms. The number of carbonyl (C=O) groups is 1. The van der Waals surface area contributed by atoms with Crippen molar-refractivity contribution in [3.8, 4) is 0 Å². The molecule has 0 aromatic heterocycles. The van der Waals surface area contributed by atoms with Crippen LogP contribution in [-0.4, -0.2) is 34.1 Å². The van der Waals surface area contributed by atoms with Crippen LogP contribution in [-0.2, 0) is 4.79 Å².